The van der Waals surface area contributed by atoms with Gasteiger partial charge in [-0.05, 0) is 65.9 Å². The Kier molecular flexibility index (Phi) is 7.90. The molecule has 0 amide bonds. The molecule has 0 spiro atoms. The first-order valence-electron chi connectivity index (χ1n) is 17.6. The third-order valence-electron chi connectivity index (χ3n) is 9.69. The molecule has 0 fully saturated rings. The molecule has 0 aliphatic carbocycles. The second kappa shape index (κ2) is 13.2. The Labute approximate surface area is 303 Å². The number of hydrogen-bond donors (Lipinski definition) is 0. The van der Waals surface area contributed by atoms with Crippen LogP contribution in [0.4, 0.5) is 0 Å². The van der Waals surface area contributed by atoms with E-state index >= 15 is 0 Å². The standard InChI is InChI=1S/C48H34N4/c1-31-28-32(2)49-47-42(31)26-24-38-25-27-43(50-46(38)47)36-20-18-35(19-21-36)40-14-9-15-41(29-40)45-30-44(51-48(52-45)39-12-7-4-8-13-39)37-22-16-34(17-23-37)33-10-5-3-6-11-33/h3-30H,1-2H3. The molecule has 0 aliphatic rings. The minimum absolute atomic E-state index is 0.700. The van der Waals surface area contributed by atoms with Gasteiger partial charge in [-0.3, -0.25) is 4.98 Å². The summed E-state index contributed by atoms with van der Waals surface area (Å²) in [5, 5.41) is 2.24. The van der Waals surface area contributed by atoms with Crippen LogP contribution in [0.2, 0.25) is 0 Å². The number of benzene rings is 6. The molecule has 9 rings (SSSR count). The van der Waals surface area contributed by atoms with Crippen molar-refractivity contribution in [2.24, 2.45) is 0 Å². The van der Waals surface area contributed by atoms with Crippen LogP contribution in [0, 0.1) is 13.8 Å². The largest absolute Gasteiger partial charge is 0.251 e. The molecular formula is C48H34N4. The van der Waals surface area contributed by atoms with Gasteiger partial charge < -0.3 is 0 Å². The molecule has 3 aromatic heterocycles. The summed E-state index contributed by atoms with van der Waals surface area (Å²) in [6, 6.07) is 59.2. The molecule has 246 valence electrons. The normalized spacial score (nSPS) is 11.3. The molecule has 0 saturated carbocycles. The van der Waals surface area contributed by atoms with Crippen molar-refractivity contribution in [1.82, 2.24) is 19.9 Å². The molecule has 3 heterocycles. The molecule has 0 radical (unpaired) electrons. The van der Waals surface area contributed by atoms with Gasteiger partial charge in [0.05, 0.1) is 28.1 Å². The molecular weight excluding hydrogens is 633 g/mol. The monoisotopic (exact) mass is 666 g/mol. The third kappa shape index (κ3) is 6.01. The Morgan fingerprint density at radius 3 is 1.58 bits per heavy atom. The van der Waals surface area contributed by atoms with Gasteiger partial charge in [-0.25, -0.2) is 15.0 Å². The van der Waals surface area contributed by atoms with Gasteiger partial charge in [-0.1, -0.05) is 146 Å². The Morgan fingerprint density at radius 2 is 0.865 bits per heavy atom. The van der Waals surface area contributed by atoms with E-state index in [0.29, 0.717) is 5.82 Å². The number of aromatic nitrogens is 4. The molecule has 9 aromatic rings. The summed E-state index contributed by atoms with van der Waals surface area (Å²) >= 11 is 0. The summed E-state index contributed by atoms with van der Waals surface area (Å²) < 4.78 is 0. The molecule has 0 N–H and O–H groups in total. The Morgan fingerprint density at radius 1 is 0.327 bits per heavy atom. The molecule has 0 atom stereocenters. The van der Waals surface area contributed by atoms with Crippen LogP contribution in [-0.4, -0.2) is 19.9 Å². The van der Waals surface area contributed by atoms with Crippen LogP contribution in [-0.2, 0) is 0 Å². The van der Waals surface area contributed by atoms with Gasteiger partial charge in [0, 0.05) is 38.7 Å². The fourth-order valence-electron chi connectivity index (χ4n) is 6.98. The van der Waals surface area contributed by atoms with E-state index in [1.54, 1.807) is 0 Å². The Hall–Kier alpha value is -6.78. The van der Waals surface area contributed by atoms with E-state index in [1.807, 2.05) is 31.2 Å². The first kappa shape index (κ1) is 31.2. The maximum Gasteiger partial charge on any atom is 0.160 e. The predicted molar refractivity (Wildman–Crippen MR) is 215 cm³/mol. The van der Waals surface area contributed by atoms with Crippen LogP contribution in [0.3, 0.4) is 0 Å². The van der Waals surface area contributed by atoms with E-state index in [4.69, 9.17) is 19.9 Å². The van der Waals surface area contributed by atoms with E-state index in [9.17, 15) is 0 Å². The predicted octanol–water partition coefficient (Wildman–Crippen LogP) is 12.2. The van der Waals surface area contributed by atoms with Crippen molar-refractivity contribution in [1.29, 1.82) is 0 Å². The van der Waals surface area contributed by atoms with E-state index in [0.717, 1.165) is 78.0 Å². The van der Waals surface area contributed by atoms with Crippen LogP contribution in [0.15, 0.2) is 170 Å². The first-order chi connectivity index (χ1) is 25.6. The minimum Gasteiger partial charge on any atom is -0.251 e. The van der Waals surface area contributed by atoms with Crippen LogP contribution < -0.4 is 0 Å². The molecule has 0 unspecified atom stereocenters. The second-order valence-electron chi connectivity index (χ2n) is 13.2. The molecule has 6 aromatic carbocycles. The maximum atomic E-state index is 5.12. The summed E-state index contributed by atoms with van der Waals surface area (Å²) in [6.07, 6.45) is 0. The lowest BCUT2D eigenvalue weighted by Crippen LogP contribution is -1.96. The highest BCUT2D eigenvalue weighted by atomic mass is 14.9. The molecule has 4 nitrogen and oxygen atoms in total. The van der Waals surface area contributed by atoms with Crippen LogP contribution in [0.1, 0.15) is 11.3 Å². The number of fused-ring (bicyclic) bond motifs is 3. The lowest BCUT2D eigenvalue weighted by Gasteiger charge is -2.11. The van der Waals surface area contributed by atoms with Crippen molar-refractivity contribution in [3.63, 3.8) is 0 Å². The van der Waals surface area contributed by atoms with Crippen molar-refractivity contribution < 1.29 is 0 Å². The van der Waals surface area contributed by atoms with Gasteiger partial charge in [0.2, 0.25) is 0 Å². The highest BCUT2D eigenvalue weighted by Gasteiger charge is 2.13. The minimum atomic E-state index is 0.700. The number of nitrogens with zero attached hydrogens (tertiary/aromatic N) is 4. The molecule has 0 saturated heterocycles. The summed E-state index contributed by atoms with van der Waals surface area (Å²) in [5.74, 6) is 0.700. The Bertz CT molecular complexity index is 2720. The van der Waals surface area contributed by atoms with Gasteiger partial charge in [0.15, 0.2) is 5.82 Å². The SMILES string of the molecule is Cc1cc(C)c2ccc3ccc(-c4ccc(-c5cccc(-c6cc(-c7ccc(-c8ccccc8)cc7)nc(-c7ccccc7)n6)c5)cc4)nc3c2n1. The van der Waals surface area contributed by atoms with Gasteiger partial charge in [-0.15, -0.1) is 0 Å². The van der Waals surface area contributed by atoms with Crippen LogP contribution in [0.25, 0.3) is 89.2 Å². The quantitative estimate of drug-likeness (QED) is 0.166. The summed E-state index contributed by atoms with van der Waals surface area (Å²) in [6.45, 7) is 4.18. The number of rotatable bonds is 6. The number of pyridine rings is 2. The summed E-state index contributed by atoms with van der Waals surface area (Å²) in [5.41, 5.74) is 15.5. The zero-order valence-electron chi connectivity index (χ0n) is 29.0. The van der Waals surface area contributed by atoms with Gasteiger partial charge in [0.25, 0.3) is 0 Å². The number of hydrogen-bond acceptors (Lipinski definition) is 4. The Balaban J connectivity index is 1.06. The van der Waals surface area contributed by atoms with Crippen LogP contribution >= 0.6 is 0 Å². The smallest absolute Gasteiger partial charge is 0.160 e. The topological polar surface area (TPSA) is 51.6 Å². The van der Waals surface area contributed by atoms with E-state index in [2.05, 4.69) is 153 Å². The van der Waals surface area contributed by atoms with Crippen molar-refractivity contribution >= 4 is 21.8 Å². The van der Waals surface area contributed by atoms with Crippen LogP contribution in [0.5, 0.6) is 0 Å². The lowest BCUT2D eigenvalue weighted by atomic mass is 9.98. The van der Waals surface area contributed by atoms with Gasteiger partial charge in [-0.2, -0.15) is 0 Å². The highest BCUT2D eigenvalue weighted by Crippen LogP contribution is 2.33. The van der Waals surface area contributed by atoms with Gasteiger partial charge >= 0.3 is 0 Å². The van der Waals surface area contributed by atoms with Crippen molar-refractivity contribution in [2.75, 3.05) is 0 Å². The molecule has 52 heavy (non-hydrogen) atoms. The van der Waals surface area contributed by atoms with Gasteiger partial charge in [0.1, 0.15) is 0 Å². The van der Waals surface area contributed by atoms with E-state index in [-0.39, 0.29) is 0 Å². The van der Waals surface area contributed by atoms with E-state index < -0.39 is 0 Å². The fourth-order valence-corrected chi connectivity index (χ4v) is 6.98. The first-order valence-corrected chi connectivity index (χ1v) is 17.6. The van der Waals surface area contributed by atoms with Crippen molar-refractivity contribution in [2.45, 2.75) is 13.8 Å². The van der Waals surface area contributed by atoms with Crippen molar-refractivity contribution in [3.05, 3.63) is 181 Å². The van der Waals surface area contributed by atoms with E-state index in [1.165, 1.54) is 16.7 Å². The second-order valence-corrected chi connectivity index (χ2v) is 13.2. The zero-order chi connectivity index (χ0) is 35.0. The average molecular weight is 667 g/mol. The van der Waals surface area contributed by atoms with Crippen molar-refractivity contribution in [3.8, 4) is 67.4 Å². The summed E-state index contributed by atoms with van der Waals surface area (Å²) in [4.78, 5) is 20.1. The third-order valence-corrected chi connectivity index (χ3v) is 9.69. The maximum absolute atomic E-state index is 5.12. The molecule has 0 bridgehead atoms. The lowest BCUT2D eigenvalue weighted by molar-refractivity contribution is 1.18. The molecule has 0 aliphatic heterocycles. The summed E-state index contributed by atoms with van der Waals surface area (Å²) in [7, 11) is 0. The zero-order valence-corrected chi connectivity index (χ0v) is 29.0. The number of aryl methyl sites for hydroxylation is 2. The molecule has 4 heteroatoms. The average Bonchev–Trinajstić information content (AvgIpc) is 3.21. The fraction of sp³-hybridized carbons (Fsp3) is 0.0417. The highest BCUT2D eigenvalue weighted by molar-refractivity contribution is 6.04.